The molecule has 0 saturated carbocycles. The standard InChI is InChI=1S/C11H13ClN2O2/c12-11-4-3-10(14(15)16)7-8(11)6-9-2-1-5-13-9/h3-4,7,9,13H,1-2,5-6H2. The van der Waals surface area contributed by atoms with Crippen molar-refractivity contribution in [3.8, 4) is 0 Å². The van der Waals surface area contributed by atoms with Gasteiger partial charge in [-0.2, -0.15) is 0 Å². The monoisotopic (exact) mass is 240 g/mol. The van der Waals surface area contributed by atoms with Crippen LogP contribution in [-0.2, 0) is 6.42 Å². The van der Waals surface area contributed by atoms with Crippen LogP contribution in [0.5, 0.6) is 0 Å². The van der Waals surface area contributed by atoms with Crippen LogP contribution in [0.4, 0.5) is 5.69 Å². The Morgan fingerprint density at radius 1 is 1.56 bits per heavy atom. The van der Waals surface area contributed by atoms with Crippen LogP contribution in [0, 0.1) is 10.1 Å². The molecular weight excluding hydrogens is 228 g/mol. The molecule has 1 fully saturated rings. The van der Waals surface area contributed by atoms with E-state index >= 15 is 0 Å². The Hall–Kier alpha value is -1.13. The topological polar surface area (TPSA) is 55.2 Å². The summed E-state index contributed by atoms with van der Waals surface area (Å²) in [4.78, 5) is 10.3. The first-order chi connectivity index (χ1) is 7.66. The normalized spacial score (nSPS) is 19.9. The highest BCUT2D eigenvalue weighted by molar-refractivity contribution is 6.31. The van der Waals surface area contributed by atoms with Gasteiger partial charge >= 0.3 is 0 Å². The summed E-state index contributed by atoms with van der Waals surface area (Å²) in [5, 5.41) is 14.6. The summed E-state index contributed by atoms with van der Waals surface area (Å²) in [6.07, 6.45) is 3.04. The van der Waals surface area contributed by atoms with Crippen molar-refractivity contribution in [1.82, 2.24) is 5.32 Å². The van der Waals surface area contributed by atoms with Gasteiger partial charge in [-0.1, -0.05) is 11.6 Å². The van der Waals surface area contributed by atoms with Gasteiger partial charge in [0, 0.05) is 23.2 Å². The van der Waals surface area contributed by atoms with Gasteiger partial charge in [-0.05, 0) is 37.4 Å². The third-order valence-electron chi connectivity index (χ3n) is 2.87. The molecular formula is C11H13ClN2O2. The van der Waals surface area contributed by atoms with Crippen LogP contribution in [0.2, 0.25) is 5.02 Å². The zero-order chi connectivity index (χ0) is 11.5. The lowest BCUT2D eigenvalue weighted by Crippen LogP contribution is -2.23. The number of nitrogens with zero attached hydrogens (tertiary/aromatic N) is 1. The molecule has 5 heteroatoms. The number of nitro groups is 1. The molecule has 0 aromatic heterocycles. The Bertz CT molecular complexity index is 403. The van der Waals surface area contributed by atoms with Crippen LogP contribution in [0.25, 0.3) is 0 Å². The second-order valence-electron chi connectivity index (χ2n) is 4.03. The predicted octanol–water partition coefficient (Wildman–Crippen LogP) is 2.54. The van der Waals surface area contributed by atoms with Gasteiger partial charge in [0.05, 0.1) is 4.92 Å². The van der Waals surface area contributed by atoms with Crippen molar-refractivity contribution in [2.75, 3.05) is 6.54 Å². The van der Waals surface area contributed by atoms with E-state index in [9.17, 15) is 10.1 Å². The summed E-state index contributed by atoms with van der Waals surface area (Å²) in [5.41, 5.74) is 0.965. The SMILES string of the molecule is O=[N+]([O-])c1ccc(Cl)c(CC2CCCN2)c1. The van der Waals surface area contributed by atoms with E-state index in [0.717, 1.165) is 31.4 Å². The zero-order valence-electron chi connectivity index (χ0n) is 8.78. The molecule has 1 atom stereocenters. The molecule has 1 saturated heterocycles. The molecule has 1 heterocycles. The average Bonchev–Trinajstić information content (AvgIpc) is 2.73. The van der Waals surface area contributed by atoms with Crippen molar-refractivity contribution in [1.29, 1.82) is 0 Å². The molecule has 0 radical (unpaired) electrons. The number of benzene rings is 1. The number of nitro benzene ring substituents is 1. The number of halogens is 1. The third kappa shape index (κ3) is 2.51. The minimum absolute atomic E-state index is 0.109. The van der Waals surface area contributed by atoms with Crippen LogP contribution < -0.4 is 5.32 Å². The van der Waals surface area contributed by atoms with Gasteiger partial charge in [0.1, 0.15) is 0 Å². The summed E-state index contributed by atoms with van der Waals surface area (Å²) in [6, 6.07) is 5.01. The van der Waals surface area contributed by atoms with E-state index in [1.807, 2.05) is 0 Å². The summed E-state index contributed by atoms with van der Waals surface area (Å²) in [6.45, 7) is 1.03. The molecule has 0 spiro atoms. The minimum Gasteiger partial charge on any atom is -0.314 e. The molecule has 16 heavy (non-hydrogen) atoms. The maximum atomic E-state index is 10.6. The lowest BCUT2D eigenvalue weighted by molar-refractivity contribution is -0.384. The molecule has 4 nitrogen and oxygen atoms in total. The van der Waals surface area contributed by atoms with E-state index in [0.29, 0.717) is 11.1 Å². The number of hydrogen-bond donors (Lipinski definition) is 1. The number of hydrogen-bond acceptors (Lipinski definition) is 3. The van der Waals surface area contributed by atoms with Gasteiger partial charge in [0.2, 0.25) is 0 Å². The van der Waals surface area contributed by atoms with Crippen molar-refractivity contribution >= 4 is 17.3 Å². The summed E-state index contributed by atoms with van der Waals surface area (Å²) in [7, 11) is 0. The van der Waals surface area contributed by atoms with Crippen molar-refractivity contribution in [2.45, 2.75) is 25.3 Å². The number of non-ortho nitro benzene ring substituents is 1. The zero-order valence-corrected chi connectivity index (χ0v) is 9.54. The molecule has 1 aromatic rings. The van der Waals surface area contributed by atoms with Crippen molar-refractivity contribution in [3.63, 3.8) is 0 Å². The van der Waals surface area contributed by atoms with Crippen LogP contribution in [0.1, 0.15) is 18.4 Å². The summed E-state index contributed by atoms with van der Waals surface area (Å²) < 4.78 is 0. The van der Waals surface area contributed by atoms with E-state index in [1.165, 1.54) is 6.07 Å². The molecule has 1 N–H and O–H groups in total. The molecule has 0 amide bonds. The fraction of sp³-hybridized carbons (Fsp3) is 0.455. The van der Waals surface area contributed by atoms with Crippen molar-refractivity contribution in [3.05, 3.63) is 38.9 Å². The van der Waals surface area contributed by atoms with E-state index in [1.54, 1.807) is 12.1 Å². The van der Waals surface area contributed by atoms with Crippen molar-refractivity contribution < 1.29 is 4.92 Å². The molecule has 1 unspecified atom stereocenters. The van der Waals surface area contributed by atoms with Gasteiger partial charge in [-0.25, -0.2) is 0 Å². The van der Waals surface area contributed by atoms with Crippen LogP contribution in [0.3, 0.4) is 0 Å². The lowest BCUT2D eigenvalue weighted by Gasteiger charge is -2.11. The van der Waals surface area contributed by atoms with Crippen LogP contribution in [0.15, 0.2) is 18.2 Å². The smallest absolute Gasteiger partial charge is 0.269 e. The first-order valence-corrected chi connectivity index (χ1v) is 5.71. The van der Waals surface area contributed by atoms with Gasteiger partial charge in [-0.3, -0.25) is 10.1 Å². The fourth-order valence-electron chi connectivity index (χ4n) is 2.03. The highest BCUT2D eigenvalue weighted by Crippen LogP contribution is 2.24. The number of nitrogens with one attached hydrogen (secondary N) is 1. The fourth-order valence-corrected chi connectivity index (χ4v) is 2.22. The molecule has 2 rings (SSSR count). The van der Waals surface area contributed by atoms with Gasteiger partial charge in [0.25, 0.3) is 5.69 Å². The maximum Gasteiger partial charge on any atom is 0.269 e. The molecule has 1 aliphatic heterocycles. The Morgan fingerprint density at radius 2 is 2.38 bits per heavy atom. The third-order valence-corrected chi connectivity index (χ3v) is 3.24. The summed E-state index contributed by atoms with van der Waals surface area (Å²) in [5.74, 6) is 0. The Kier molecular flexibility index (Phi) is 3.41. The highest BCUT2D eigenvalue weighted by atomic mass is 35.5. The number of rotatable bonds is 3. The first kappa shape index (κ1) is 11.4. The molecule has 0 aliphatic carbocycles. The highest BCUT2D eigenvalue weighted by Gasteiger charge is 2.17. The van der Waals surface area contributed by atoms with E-state index in [-0.39, 0.29) is 10.6 Å². The molecule has 0 bridgehead atoms. The van der Waals surface area contributed by atoms with E-state index < -0.39 is 0 Å². The van der Waals surface area contributed by atoms with Gasteiger partial charge in [-0.15, -0.1) is 0 Å². The Labute approximate surface area is 98.8 Å². The molecule has 1 aliphatic rings. The maximum absolute atomic E-state index is 10.6. The molecule has 1 aromatic carbocycles. The van der Waals surface area contributed by atoms with Crippen molar-refractivity contribution in [2.24, 2.45) is 0 Å². The quantitative estimate of drug-likeness (QED) is 0.653. The minimum atomic E-state index is -0.387. The van der Waals surface area contributed by atoms with E-state index in [4.69, 9.17) is 11.6 Å². The second-order valence-corrected chi connectivity index (χ2v) is 4.44. The average molecular weight is 241 g/mol. The predicted molar refractivity (Wildman–Crippen MR) is 62.8 cm³/mol. The summed E-state index contributed by atoms with van der Waals surface area (Å²) >= 11 is 6.03. The second kappa shape index (κ2) is 4.80. The van der Waals surface area contributed by atoms with E-state index in [2.05, 4.69) is 5.32 Å². The van der Waals surface area contributed by atoms with Gasteiger partial charge in [0.15, 0.2) is 0 Å². The largest absolute Gasteiger partial charge is 0.314 e. The first-order valence-electron chi connectivity index (χ1n) is 5.33. The van der Waals surface area contributed by atoms with Crippen LogP contribution >= 0.6 is 11.6 Å². The lowest BCUT2D eigenvalue weighted by atomic mass is 10.0. The Balaban J connectivity index is 2.17. The van der Waals surface area contributed by atoms with Crippen LogP contribution in [-0.4, -0.2) is 17.5 Å². The molecule has 86 valence electrons. The Morgan fingerprint density at radius 3 is 3.00 bits per heavy atom. The van der Waals surface area contributed by atoms with Gasteiger partial charge < -0.3 is 5.32 Å².